The van der Waals surface area contributed by atoms with Gasteiger partial charge in [-0.25, -0.2) is 4.21 Å². The van der Waals surface area contributed by atoms with Gasteiger partial charge in [-0.1, -0.05) is 0 Å². The van der Waals surface area contributed by atoms with E-state index in [1.807, 2.05) is 24.3 Å². The number of fused-ring (bicyclic) bond motifs is 1. The number of anilines is 1. The molecule has 1 aromatic carbocycles. The molecule has 106 valence electrons. The van der Waals surface area contributed by atoms with E-state index in [2.05, 4.69) is 9.88 Å². The summed E-state index contributed by atoms with van der Waals surface area (Å²) in [5.74, 6) is 1.66. The SMILES string of the molecule is COc1ccc2c(N3CCS(=N)(=O)CC3)ccnc2c1. The maximum atomic E-state index is 11.7. The zero-order valence-electron chi connectivity index (χ0n) is 11.3. The van der Waals surface area contributed by atoms with Crippen LogP contribution in [0.15, 0.2) is 30.5 Å². The lowest BCUT2D eigenvalue weighted by Crippen LogP contribution is -2.39. The molecule has 0 bridgehead atoms. The molecule has 2 aromatic rings. The van der Waals surface area contributed by atoms with E-state index in [0.717, 1.165) is 22.3 Å². The van der Waals surface area contributed by atoms with Gasteiger partial charge in [-0.2, -0.15) is 0 Å². The number of benzene rings is 1. The Morgan fingerprint density at radius 3 is 2.75 bits per heavy atom. The summed E-state index contributed by atoms with van der Waals surface area (Å²) in [6.07, 6.45) is 1.78. The minimum Gasteiger partial charge on any atom is -0.497 e. The van der Waals surface area contributed by atoms with E-state index in [9.17, 15) is 4.21 Å². The Labute approximate surface area is 118 Å². The molecule has 6 heteroatoms. The van der Waals surface area contributed by atoms with Crippen LogP contribution >= 0.6 is 0 Å². The van der Waals surface area contributed by atoms with Crippen molar-refractivity contribution < 1.29 is 8.95 Å². The Balaban J connectivity index is 2.00. The lowest BCUT2D eigenvalue weighted by atomic mass is 10.1. The van der Waals surface area contributed by atoms with Gasteiger partial charge < -0.3 is 9.64 Å². The Kier molecular flexibility index (Phi) is 3.25. The van der Waals surface area contributed by atoms with Crippen molar-refractivity contribution in [3.63, 3.8) is 0 Å². The molecule has 0 amide bonds. The molecule has 1 aliphatic heterocycles. The second kappa shape index (κ2) is 4.94. The lowest BCUT2D eigenvalue weighted by molar-refractivity contribution is 0.415. The molecule has 0 spiro atoms. The number of nitrogens with zero attached hydrogens (tertiary/aromatic N) is 2. The van der Waals surface area contributed by atoms with Gasteiger partial charge in [-0.15, -0.1) is 0 Å². The van der Waals surface area contributed by atoms with Crippen molar-refractivity contribution in [3.8, 4) is 5.75 Å². The summed E-state index contributed by atoms with van der Waals surface area (Å²) in [4.78, 5) is 6.56. The van der Waals surface area contributed by atoms with Gasteiger partial charge >= 0.3 is 0 Å². The Bertz CT molecular complexity index is 729. The van der Waals surface area contributed by atoms with Gasteiger partial charge in [0.25, 0.3) is 0 Å². The molecular formula is C14H17N3O2S. The highest BCUT2D eigenvalue weighted by atomic mass is 32.2. The quantitative estimate of drug-likeness (QED) is 0.920. The molecule has 3 rings (SSSR count). The first-order valence-corrected chi connectivity index (χ1v) is 8.40. The topological polar surface area (TPSA) is 66.3 Å². The van der Waals surface area contributed by atoms with E-state index in [-0.39, 0.29) is 0 Å². The standard InChI is InChI=1S/C14H17N3O2S/c1-19-11-2-3-12-13(10-11)16-5-4-14(12)17-6-8-20(15,18)9-7-17/h2-5,10,15H,6-9H2,1H3. The summed E-state index contributed by atoms with van der Waals surface area (Å²) < 4.78 is 24.6. The monoisotopic (exact) mass is 291 g/mol. The van der Waals surface area contributed by atoms with E-state index < -0.39 is 9.73 Å². The Morgan fingerprint density at radius 2 is 2.05 bits per heavy atom. The number of methoxy groups -OCH3 is 1. The van der Waals surface area contributed by atoms with Crippen LogP contribution in [-0.2, 0) is 9.73 Å². The van der Waals surface area contributed by atoms with Gasteiger partial charge in [0, 0.05) is 57.7 Å². The van der Waals surface area contributed by atoms with Gasteiger partial charge in [-0.05, 0) is 18.2 Å². The van der Waals surface area contributed by atoms with Crippen LogP contribution < -0.4 is 9.64 Å². The zero-order valence-corrected chi connectivity index (χ0v) is 12.2. The van der Waals surface area contributed by atoms with Gasteiger partial charge in [0.2, 0.25) is 0 Å². The first-order valence-electron chi connectivity index (χ1n) is 6.51. The van der Waals surface area contributed by atoms with Gasteiger partial charge in [0.15, 0.2) is 0 Å². The molecule has 1 aliphatic rings. The van der Waals surface area contributed by atoms with Gasteiger partial charge in [0.05, 0.1) is 12.6 Å². The van der Waals surface area contributed by atoms with Crippen LogP contribution in [0.3, 0.4) is 0 Å². The molecule has 0 aliphatic carbocycles. The van der Waals surface area contributed by atoms with Crippen molar-refractivity contribution >= 4 is 26.3 Å². The molecule has 2 heterocycles. The summed E-state index contributed by atoms with van der Waals surface area (Å²) in [7, 11) is -0.726. The third kappa shape index (κ3) is 2.43. The number of hydrogen-bond donors (Lipinski definition) is 1. The van der Waals surface area contributed by atoms with Crippen LogP contribution in [0.4, 0.5) is 5.69 Å². The van der Waals surface area contributed by atoms with Crippen LogP contribution in [0.2, 0.25) is 0 Å². The smallest absolute Gasteiger partial charge is 0.121 e. The van der Waals surface area contributed by atoms with E-state index in [1.54, 1.807) is 13.3 Å². The molecule has 20 heavy (non-hydrogen) atoms. The third-order valence-electron chi connectivity index (χ3n) is 3.65. The van der Waals surface area contributed by atoms with E-state index >= 15 is 0 Å². The van der Waals surface area contributed by atoms with E-state index in [0.29, 0.717) is 24.6 Å². The fraction of sp³-hybridized carbons (Fsp3) is 0.357. The van der Waals surface area contributed by atoms with Crippen LogP contribution in [0.1, 0.15) is 0 Å². The maximum Gasteiger partial charge on any atom is 0.121 e. The van der Waals surface area contributed by atoms with Crippen molar-refractivity contribution in [2.45, 2.75) is 0 Å². The average molecular weight is 291 g/mol. The predicted molar refractivity (Wildman–Crippen MR) is 81.1 cm³/mol. The van der Waals surface area contributed by atoms with Crippen LogP contribution in [0.5, 0.6) is 5.75 Å². The van der Waals surface area contributed by atoms with Crippen LogP contribution in [0.25, 0.3) is 10.9 Å². The fourth-order valence-corrected chi connectivity index (χ4v) is 3.72. The summed E-state index contributed by atoms with van der Waals surface area (Å²) in [5.41, 5.74) is 1.98. The molecular weight excluding hydrogens is 274 g/mol. The van der Waals surface area contributed by atoms with Crippen molar-refractivity contribution in [3.05, 3.63) is 30.5 Å². The van der Waals surface area contributed by atoms with Crippen molar-refractivity contribution in [1.82, 2.24) is 4.98 Å². The third-order valence-corrected chi connectivity index (χ3v) is 5.33. The Morgan fingerprint density at radius 1 is 1.30 bits per heavy atom. The maximum absolute atomic E-state index is 11.7. The van der Waals surface area contributed by atoms with E-state index in [4.69, 9.17) is 9.52 Å². The van der Waals surface area contributed by atoms with Crippen molar-refractivity contribution in [1.29, 1.82) is 4.78 Å². The Hall–Kier alpha value is -1.82. The largest absolute Gasteiger partial charge is 0.497 e. The summed E-state index contributed by atoms with van der Waals surface area (Å²) in [5, 5.41) is 1.06. The molecule has 1 saturated heterocycles. The number of ether oxygens (including phenoxy) is 1. The number of rotatable bonds is 2. The molecule has 0 saturated carbocycles. The second-order valence-corrected chi connectivity index (χ2v) is 7.36. The zero-order chi connectivity index (χ0) is 14.2. The number of aromatic nitrogens is 1. The molecule has 1 N–H and O–H groups in total. The van der Waals surface area contributed by atoms with Gasteiger partial charge in [-0.3, -0.25) is 9.76 Å². The molecule has 0 atom stereocenters. The van der Waals surface area contributed by atoms with Crippen LogP contribution in [-0.4, -0.2) is 40.9 Å². The second-order valence-electron chi connectivity index (χ2n) is 4.92. The highest BCUT2D eigenvalue weighted by molar-refractivity contribution is 7.92. The number of nitrogens with one attached hydrogen (secondary N) is 1. The van der Waals surface area contributed by atoms with Crippen molar-refractivity contribution in [2.24, 2.45) is 0 Å². The fourth-order valence-electron chi connectivity index (χ4n) is 2.49. The molecule has 1 fully saturated rings. The van der Waals surface area contributed by atoms with E-state index in [1.165, 1.54) is 0 Å². The first-order chi connectivity index (χ1) is 9.59. The first kappa shape index (κ1) is 13.2. The molecule has 0 unspecified atom stereocenters. The molecule has 5 nitrogen and oxygen atoms in total. The highest BCUT2D eigenvalue weighted by Gasteiger charge is 2.20. The predicted octanol–water partition coefficient (Wildman–Crippen LogP) is 2.11. The molecule has 0 radical (unpaired) electrons. The highest BCUT2D eigenvalue weighted by Crippen LogP contribution is 2.29. The summed E-state index contributed by atoms with van der Waals surface area (Å²) >= 11 is 0. The lowest BCUT2D eigenvalue weighted by Gasteiger charge is -2.30. The molecule has 1 aromatic heterocycles. The minimum atomic E-state index is -2.36. The summed E-state index contributed by atoms with van der Waals surface area (Å²) in [6.45, 7) is 1.32. The average Bonchev–Trinajstić information content (AvgIpc) is 2.46. The summed E-state index contributed by atoms with van der Waals surface area (Å²) in [6, 6.07) is 7.82. The van der Waals surface area contributed by atoms with Crippen molar-refractivity contribution in [2.75, 3.05) is 36.6 Å². The number of pyridine rings is 1. The normalized spacial score (nSPS) is 18.1. The van der Waals surface area contributed by atoms with Crippen LogP contribution in [0, 0.1) is 4.78 Å². The number of hydrogen-bond acceptors (Lipinski definition) is 5. The van der Waals surface area contributed by atoms with Gasteiger partial charge in [0.1, 0.15) is 5.75 Å². The minimum absolute atomic E-state index is 0.437.